The standard InChI is InChI=1S/C16H22O5/c1-11-12(2)14(8-7-13(11)15(18)19)16(20)21-10-6-4-3-5-9-17/h7-8,17H,3-6,9-10H2,1-2H3,(H,18,19). The lowest BCUT2D eigenvalue weighted by molar-refractivity contribution is 0.0495. The number of rotatable bonds is 8. The number of ether oxygens (including phenoxy) is 1. The van der Waals surface area contributed by atoms with Crippen molar-refractivity contribution >= 4 is 11.9 Å². The van der Waals surface area contributed by atoms with Crippen molar-refractivity contribution in [3.05, 3.63) is 34.4 Å². The van der Waals surface area contributed by atoms with Gasteiger partial charge in [0.2, 0.25) is 0 Å². The molecule has 0 aromatic heterocycles. The zero-order chi connectivity index (χ0) is 15.8. The molecule has 0 radical (unpaired) electrons. The molecule has 21 heavy (non-hydrogen) atoms. The average Bonchev–Trinajstić information content (AvgIpc) is 2.44. The van der Waals surface area contributed by atoms with Crippen LogP contribution in [0.15, 0.2) is 12.1 Å². The Morgan fingerprint density at radius 2 is 1.57 bits per heavy atom. The molecule has 0 aliphatic carbocycles. The summed E-state index contributed by atoms with van der Waals surface area (Å²) in [5.41, 5.74) is 1.83. The first-order valence-electron chi connectivity index (χ1n) is 7.10. The lowest BCUT2D eigenvalue weighted by Crippen LogP contribution is -2.11. The van der Waals surface area contributed by atoms with Crippen molar-refractivity contribution in [2.45, 2.75) is 39.5 Å². The van der Waals surface area contributed by atoms with Gasteiger partial charge in [-0.3, -0.25) is 0 Å². The summed E-state index contributed by atoms with van der Waals surface area (Å²) in [7, 11) is 0. The van der Waals surface area contributed by atoms with Crippen LogP contribution in [-0.4, -0.2) is 35.4 Å². The molecule has 0 atom stereocenters. The second kappa shape index (κ2) is 8.42. The van der Waals surface area contributed by atoms with Gasteiger partial charge in [-0.1, -0.05) is 6.42 Å². The molecule has 0 heterocycles. The smallest absolute Gasteiger partial charge is 0.338 e. The molecule has 116 valence electrons. The van der Waals surface area contributed by atoms with Crippen LogP contribution in [0, 0.1) is 13.8 Å². The highest BCUT2D eigenvalue weighted by Crippen LogP contribution is 2.19. The van der Waals surface area contributed by atoms with E-state index in [0.717, 1.165) is 25.7 Å². The first-order chi connectivity index (χ1) is 9.99. The van der Waals surface area contributed by atoms with E-state index in [0.29, 0.717) is 23.3 Å². The maximum Gasteiger partial charge on any atom is 0.338 e. The number of carboxylic acids is 1. The van der Waals surface area contributed by atoms with Gasteiger partial charge in [0.1, 0.15) is 0 Å². The number of benzene rings is 1. The Bertz CT molecular complexity index is 508. The number of aromatic carboxylic acids is 1. The quantitative estimate of drug-likeness (QED) is 0.569. The number of unbranched alkanes of at least 4 members (excludes halogenated alkanes) is 3. The van der Waals surface area contributed by atoms with Crippen molar-refractivity contribution < 1.29 is 24.5 Å². The van der Waals surface area contributed by atoms with Crippen molar-refractivity contribution in [1.82, 2.24) is 0 Å². The van der Waals surface area contributed by atoms with E-state index in [4.69, 9.17) is 14.9 Å². The molecule has 5 heteroatoms. The van der Waals surface area contributed by atoms with Crippen LogP contribution in [0.25, 0.3) is 0 Å². The van der Waals surface area contributed by atoms with Crippen molar-refractivity contribution in [3.8, 4) is 0 Å². The highest BCUT2D eigenvalue weighted by atomic mass is 16.5. The molecule has 0 fully saturated rings. The van der Waals surface area contributed by atoms with Gasteiger partial charge < -0.3 is 14.9 Å². The van der Waals surface area contributed by atoms with Crippen LogP contribution in [0.3, 0.4) is 0 Å². The van der Waals surface area contributed by atoms with Gasteiger partial charge in [-0.15, -0.1) is 0 Å². The van der Waals surface area contributed by atoms with Gasteiger partial charge in [0.05, 0.1) is 17.7 Å². The normalized spacial score (nSPS) is 10.4. The highest BCUT2D eigenvalue weighted by Gasteiger charge is 2.16. The van der Waals surface area contributed by atoms with Gasteiger partial charge in [-0.2, -0.15) is 0 Å². The molecular weight excluding hydrogens is 272 g/mol. The van der Waals surface area contributed by atoms with Crippen molar-refractivity contribution in [2.75, 3.05) is 13.2 Å². The van der Waals surface area contributed by atoms with Gasteiger partial charge in [-0.25, -0.2) is 9.59 Å². The SMILES string of the molecule is Cc1c(C(=O)O)ccc(C(=O)OCCCCCCO)c1C. The molecule has 1 aromatic carbocycles. The Morgan fingerprint density at radius 1 is 1.00 bits per heavy atom. The van der Waals surface area contributed by atoms with E-state index < -0.39 is 11.9 Å². The van der Waals surface area contributed by atoms with Crippen molar-refractivity contribution in [1.29, 1.82) is 0 Å². The summed E-state index contributed by atoms with van der Waals surface area (Å²) < 4.78 is 5.20. The lowest BCUT2D eigenvalue weighted by atomic mass is 9.98. The summed E-state index contributed by atoms with van der Waals surface area (Å²) in [6.45, 7) is 3.93. The fourth-order valence-electron chi connectivity index (χ4n) is 2.08. The second-order valence-corrected chi connectivity index (χ2v) is 4.99. The molecule has 1 rings (SSSR count). The number of carboxylic acid groups (broad SMARTS) is 1. The Morgan fingerprint density at radius 3 is 2.19 bits per heavy atom. The Hall–Kier alpha value is -1.88. The molecule has 0 saturated heterocycles. The van der Waals surface area contributed by atoms with Crippen molar-refractivity contribution in [3.63, 3.8) is 0 Å². The summed E-state index contributed by atoms with van der Waals surface area (Å²) in [5, 5.41) is 17.7. The monoisotopic (exact) mass is 294 g/mol. The first-order valence-corrected chi connectivity index (χ1v) is 7.10. The predicted octanol–water partition coefficient (Wildman–Crippen LogP) is 2.71. The van der Waals surface area contributed by atoms with Crippen molar-refractivity contribution in [2.24, 2.45) is 0 Å². The molecule has 0 amide bonds. The minimum absolute atomic E-state index is 0.189. The number of aliphatic hydroxyl groups excluding tert-OH is 1. The van der Waals surface area contributed by atoms with E-state index in [1.807, 2.05) is 0 Å². The molecule has 0 spiro atoms. The number of hydrogen-bond donors (Lipinski definition) is 2. The van der Waals surface area contributed by atoms with Gasteiger partial charge in [0, 0.05) is 6.61 Å². The highest BCUT2D eigenvalue weighted by molar-refractivity contribution is 5.95. The minimum atomic E-state index is -1.00. The summed E-state index contributed by atoms with van der Waals surface area (Å²) in [5.74, 6) is -1.42. The molecule has 0 bridgehead atoms. The third-order valence-corrected chi connectivity index (χ3v) is 3.52. The van der Waals surface area contributed by atoms with Gasteiger partial charge in [0.25, 0.3) is 0 Å². The van der Waals surface area contributed by atoms with E-state index in [1.54, 1.807) is 13.8 Å². The maximum absolute atomic E-state index is 12.0. The second-order valence-electron chi connectivity index (χ2n) is 4.99. The fourth-order valence-corrected chi connectivity index (χ4v) is 2.08. The van der Waals surface area contributed by atoms with E-state index >= 15 is 0 Å². The molecule has 1 aromatic rings. The van der Waals surface area contributed by atoms with Crippen LogP contribution in [0.2, 0.25) is 0 Å². The summed E-state index contributed by atoms with van der Waals surface area (Å²) >= 11 is 0. The largest absolute Gasteiger partial charge is 0.478 e. The van der Waals surface area contributed by atoms with Gasteiger partial charge in [0.15, 0.2) is 0 Å². The number of aliphatic hydroxyl groups is 1. The predicted molar refractivity (Wildman–Crippen MR) is 78.7 cm³/mol. The molecule has 5 nitrogen and oxygen atoms in total. The molecule has 0 aliphatic heterocycles. The van der Waals surface area contributed by atoms with Crippen LogP contribution < -0.4 is 0 Å². The van der Waals surface area contributed by atoms with E-state index in [-0.39, 0.29) is 12.2 Å². The van der Waals surface area contributed by atoms with Crippen LogP contribution in [0.1, 0.15) is 57.5 Å². The topological polar surface area (TPSA) is 83.8 Å². The molecular formula is C16H22O5. The summed E-state index contributed by atoms with van der Waals surface area (Å²) in [6.07, 6.45) is 3.35. The summed E-state index contributed by atoms with van der Waals surface area (Å²) in [4.78, 5) is 23.0. The van der Waals surface area contributed by atoms with Crippen LogP contribution in [0.5, 0.6) is 0 Å². The minimum Gasteiger partial charge on any atom is -0.478 e. The summed E-state index contributed by atoms with van der Waals surface area (Å²) in [6, 6.07) is 2.93. The average molecular weight is 294 g/mol. The zero-order valence-electron chi connectivity index (χ0n) is 12.5. The first kappa shape index (κ1) is 17.2. The zero-order valence-corrected chi connectivity index (χ0v) is 12.5. The van der Waals surface area contributed by atoms with Crippen LogP contribution in [-0.2, 0) is 4.74 Å². The molecule has 0 unspecified atom stereocenters. The molecule has 2 N–H and O–H groups in total. The van der Waals surface area contributed by atoms with Gasteiger partial charge in [-0.05, 0) is 56.4 Å². The van der Waals surface area contributed by atoms with E-state index in [2.05, 4.69) is 0 Å². The van der Waals surface area contributed by atoms with E-state index in [9.17, 15) is 9.59 Å². The third-order valence-electron chi connectivity index (χ3n) is 3.52. The molecule has 0 aliphatic rings. The van der Waals surface area contributed by atoms with Gasteiger partial charge >= 0.3 is 11.9 Å². The number of hydrogen-bond acceptors (Lipinski definition) is 4. The van der Waals surface area contributed by atoms with E-state index in [1.165, 1.54) is 12.1 Å². The molecule has 0 saturated carbocycles. The fraction of sp³-hybridized carbons (Fsp3) is 0.500. The maximum atomic E-state index is 12.0. The number of esters is 1. The van der Waals surface area contributed by atoms with Crippen LogP contribution >= 0.6 is 0 Å². The Balaban J connectivity index is 2.59. The lowest BCUT2D eigenvalue weighted by Gasteiger charge is -2.11. The number of carbonyl (C=O) groups is 2. The third kappa shape index (κ3) is 4.86. The number of carbonyl (C=O) groups excluding carboxylic acids is 1. The Kier molecular flexibility index (Phi) is 6.88. The van der Waals surface area contributed by atoms with Crippen LogP contribution in [0.4, 0.5) is 0 Å². The Labute approximate surface area is 124 Å².